The van der Waals surface area contributed by atoms with E-state index in [1.165, 1.54) is 11.3 Å². The van der Waals surface area contributed by atoms with E-state index in [0.29, 0.717) is 37.3 Å². The van der Waals surface area contributed by atoms with Gasteiger partial charge in [0.25, 0.3) is 5.91 Å². The van der Waals surface area contributed by atoms with Crippen molar-refractivity contribution in [2.45, 2.75) is 63.5 Å². The lowest BCUT2D eigenvalue weighted by molar-refractivity contribution is -0.149. The molecule has 0 aromatic heterocycles. The van der Waals surface area contributed by atoms with Gasteiger partial charge in [0.2, 0.25) is 5.91 Å². The third-order valence-electron chi connectivity index (χ3n) is 6.73. The van der Waals surface area contributed by atoms with Crippen LogP contribution in [-0.2, 0) is 9.59 Å². The van der Waals surface area contributed by atoms with Crippen LogP contribution in [-0.4, -0.2) is 46.4 Å². The van der Waals surface area contributed by atoms with Crippen molar-refractivity contribution < 1.29 is 19.5 Å². The normalized spacial score (nSPS) is 20.5. The third kappa shape index (κ3) is 4.89. The van der Waals surface area contributed by atoms with Gasteiger partial charge in [0.15, 0.2) is 0 Å². The number of aliphatic carboxylic acids is 1. The molecule has 2 amide bonds. The molecule has 2 aromatic carbocycles. The summed E-state index contributed by atoms with van der Waals surface area (Å²) in [6.07, 6.45) is 7.33. The quantitative estimate of drug-likeness (QED) is 0.737. The van der Waals surface area contributed by atoms with E-state index in [0.717, 1.165) is 36.5 Å². The fourth-order valence-electron chi connectivity index (χ4n) is 5.04. The fraction of sp³-hybridized carbons (Fsp3) is 0.480. The molecule has 2 N–H and O–H groups in total. The number of nitrogens with one attached hydrogen (secondary N) is 1. The average Bonchev–Trinajstić information content (AvgIpc) is 3.29. The predicted molar refractivity (Wildman–Crippen MR) is 119 cm³/mol. The Bertz CT molecular complexity index is 967. The van der Waals surface area contributed by atoms with E-state index >= 15 is 0 Å². The topological polar surface area (TPSA) is 86.7 Å². The number of likely N-dealkylation sites (tertiary alicyclic amines) is 1. The zero-order chi connectivity index (χ0) is 21.8. The van der Waals surface area contributed by atoms with Crippen molar-refractivity contribution in [2.75, 3.05) is 6.54 Å². The smallest absolute Gasteiger partial charge is 0.326 e. The van der Waals surface area contributed by atoms with E-state index in [1.54, 1.807) is 6.07 Å². The number of rotatable bonds is 6. The minimum atomic E-state index is -0.969. The van der Waals surface area contributed by atoms with E-state index < -0.39 is 18.1 Å². The van der Waals surface area contributed by atoms with E-state index in [1.807, 2.05) is 36.4 Å². The number of hydrogen-bond donors (Lipinski definition) is 2. The van der Waals surface area contributed by atoms with Crippen LogP contribution in [0.5, 0.6) is 0 Å². The van der Waals surface area contributed by atoms with Crippen LogP contribution in [0.1, 0.15) is 61.7 Å². The molecule has 1 aliphatic heterocycles. The number of carboxylic acid groups (broad SMARTS) is 1. The molecule has 31 heavy (non-hydrogen) atoms. The SMILES string of the molecule is O=C(NC(CC1CCCCC1)C(=O)N1CCCC1C(=O)O)c1ccc2ccccc2c1. The summed E-state index contributed by atoms with van der Waals surface area (Å²) >= 11 is 0. The Hall–Kier alpha value is -2.89. The zero-order valence-corrected chi connectivity index (χ0v) is 17.8. The van der Waals surface area contributed by atoms with Gasteiger partial charge in [-0.05, 0) is 48.1 Å². The van der Waals surface area contributed by atoms with Crippen LogP contribution in [0.2, 0.25) is 0 Å². The fourth-order valence-corrected chi connectivity index (χ4v) is 5.04. The first-order valence-electron chi connectivity index (χ1n) is 11.4. The minimum Gasteiger partial charge on any atom is -0.480 e. The molecule has 164 valence electrons. The van der Waals surface area contributed by atoms with Crippen LogP contribution < -0.4 is 5.32 Å². The Morgan fingerprint density at radius 3 is 2.45 bits per heavy atom. The molecule has 2 unspecified atom stereocenters. The molecule has 6 nitrogen and oxygen atoms in total. The van der Waals surface area contributed by atoms with Gasteiger partial charge in [0, 0.05) is 12.1 Å². The van der Waals surface area contributed by atoms with Gasteiger partial charge in [0.05, 0.1) is 0 Å². The van der Waals surface area contributed by atoms with Crippen molar-refractivity contribution in [3.8, 4) is 0 Å². The summed E-state index contributed by atoms with van der Waals surface area (Å²) in [5, 5.41) is 14.5. The largest absolute Gasteiger partial charge is 0.480 e. The summed E-state index contributed by atoms with van der Waals surface area (Å²) in [6.45, 7) is 0.433. The van der Waals surface area contributed by atoms with Crippen molar-refractivity contribution in [3.63, 3.8) is 0 Å². The molecule has 6 heteroatoms. The maximum atomic E-state index is 13.4. The second kappa shape index (κ2) is 9.50. The molecule has 2 aliphatic rings. The maximum absolute atomic E-state index is 13.4. The van der Waals surface area contributed by atoms with Crippen LogP contribution in [0, 0.1) is 5.92 Å². The van der Waals surface area contributed by atoms with Crippen molar-refractivity contribution in [2.24, 2.45) is 5.92 Å². The van der Waals surface area contributed by atoms with Crippen LogP contribution in [0.15, 0.2) is 42.5 Å². The van der Waals surface area contributed by atoms with Gasteiger partial charge < -0.3 is 15.3 Å². The molecule has 1 saturated heterocycles. The van der Waals surface area contributed by atoms with Crippen molar-refractivity contribution in [3.05, 3.63) is 48.0 Å². The van der Waals surface area contributed by atoms with E-state index in [9.17, 15) is 19.5 Å². The number of fused-ring (bicyclic) bond motifs is 1. The van der Waals surface area contributed by atoms with Gasteiger partial charge in [-0.2, -0.15) is 0 Å². The molecule has 0 radical (unpaired) electrons. The van der Waals surface area contributed by atoms with E-state index in [4.69, 9.17) is 0 Å². The molecule has 2 atom stereocenters. The van der Waals surface area contributed by atoms with Gasteiger partial charge in [0.1, 0.15) is 12.1 Å². The second-order valence-electron chi connectivity index (χ2n) is 8.86. The summed E-state index contributed by atoms with van der Waals surface area (Å²) < 4.78 is 0. The van der Waals surface area contributed by atoms with Crippen LogP contribution >= 0.6 is 0 Å². The number of amides is 2. The number of nitrogens with zero attached hydrogens (tertiary/aromatic N) is 1. The highest BCUT2D eigenvalue weighted by atomic mass is 16.4. The van der Waals surface area contributed by atoms with Crippen molar-refractivity contribution in [1.82, 2.24) is 10.2 Å². The molecule has 2 aromatic rings. The number of carbonyl (C=O) groups is 3. The second-order valence-corrected chi connectivity index (χ2v) is 8.86. The molecule has 0 spiro atoms. The highest BCUT2D eigenvalue weighted by Crippen LogP contribution is 2.29. The Kier molecular flexibility index (Phi) is 6.54. The monoisotopic (exact) mass is 422 g/mol. The Labute approximate surface area is 182 Å². The lowest BCUT2D eigenvalue weighted by atomic mass is 9.84. The molecule has 1 heterocycles. The number of carbonyl (C=O) groups excluding carboxylic acids is 2. The first kappa shape index (κ1) is 21.3. The Morgan fingerprint density at radius 2 is 1.71 bits per heavy atom. The van der Waals surface area contributed by atoms with Gasteiger partial charge in [-0.1, -0.05) is 62.4 Å². The Balaban J connectivity index is 1.54. The molecule has 1 aliphatic carbocycles. The number of carboxylic acids is 1. The van der Waals surface area contributed by atoms with Crippen LogP contribution in [0.3, 0.4) is 0 Å². The zero-order valence-electron chi connectivity index (χ0n) is 17.8. The summed E-state index contributed by atoms with van der Waals surface area (Å²) in [4.78, 5) is 39.5. The molecule has 4 rings (SSSR count). The van der Waals surface area contributed by atoms with Crippen LogP contribution in [0.4, 0.5) is 0 Å². The lowest BCUT2D eigenvalue weighted by Crippen LogP contribution is -2.52. The Morgan fingerprint density at radius 1 is 0.968 bits per heavy atom. The molecule has 2 fully saturated rings. The first-order chi connectivity index (χ1) is 15.0. The van der Waals surface area contributed by atoms with Crippen molar-refractivity contribution in [1.29, 1.82) is 0 Å². The summed E-state index contributed by atoms with van der Waals surface area (Å²) in [5.41, 5.74) is 0.511. The van der Waals surface area contributed by atoms with Gasteiger partial charge in [-0.3, -0.25) is 9.59 Å². The average molecular weight is 423 g/mol. The summed E-state index contributed by atoms with van der Waals surface area (Å²) in [7, 11) is 0. The molecular formula is C25H30N2O4. The third-order valence-corrected chi connectivity index (χ3v) is 6.73. The summed E-state index contributed by atoms with van der Waals surface area (Å²) in [6, 6.07) is 11.9. The predicted octanol–water partition coefficient (Wildman–Crippen LogP) is 3.98. The van der Waals surface area contributed by atoms with Crippen LogP contribution in [0.25, 0.3) is 10.8 Å². The van der Waals surface area contributed by atoms with Crippen molar-refractivity contribution >= 4 is 28.6 Å². The maximum Gasteiger partial charge on any atom is 0.326 e. The standard InChI is InChI=1S/C25H30N2O4/c28-23(20-13-12-18-9-4-5-10-19(18)16-20)26-21(15-17-7-2-1-3-8-17)24(29)27-14-6-11-22(27)25(30)31/h4-5,9-10,12-13,16-17,21-22H,1-3,6-8,11,14-15H2,(H,26,28)(H,30,31). The lowest BCUT2D eigenvalue weighted by Gasteiger charge is -2.31. The first-order valence-corrected chi connectivity index (χ1v) is 11.4. The molecule has 0 bridgehead atoms. The number of benzene rings is 2. The van der Waals surface area contributed by atoms with E-state index in [-0.39, 0.29) is 11.8 Å². The highest BCUT2D eigenvalue weighted by molar-refractivity contribution is 6.01. The van der Waals surface area contributed by atoms with Gasteiger partial charge in [-0.25, -0.2) is 4.79 Å². The van der Waals surface area contributed by atoms with Gasteiger partial charge in [-0.15, -0.1) is 0 Å². The molecular weight excluding hydrogens is 392 g/mol. The molecule has 1 saturated carbocycles. The highest BCUT2D eigenvalue weighted by Gasteiger charge is 2.38. The number of hydrogen-bond acceptors (Lipinski definition) is 3. The van der Waals surface area contributed by atoms with E-state index in [2.05, 4.69) is 5.32 Å². The minimum absolute atomic E-state index is 0.260. The summed E-state index contributed by atoms with van der Waals surface area (Å²) in [5.74, 6) is -1.13. The van der Waals surface area contributed by atoms with Gasteiger partial charge >= 0.3 is 5.97 Å².